The number of nitrogens with zero attached hydrogens (tertiary/aromatic N) is 1. The summed E-state index contributed by atoms with van der Waals surface area (Å²) in [6.45, 7) is 1.10. The molecule has 1 heterocycles. The zero-order valence-corrected chi connectivity index (χ0v) is 9.31. The normalized spacial score (nSPS) is 10.2. The van der Waals surface area contributed by atoms with E-state index in [0.717, 1.165) is 12.5 Å². The van der Waals surface area contributed by atoms with Crippen LogP contribution in [-0.4, -0.2) is 32.3 Å². The number of methoxy groups -OCH3 is 1. The van der Waals surface area contributed by atoms with Crippen LogP contribution in [0.2, 0.25) is 0 Å². The third kappa shape index (κ3) is 3.30. The van der Waals surface area contributed by atoms with Gasteiger partial charge in [-0.1, -0.05) is 0 Å². The molecule has 0 fully saturated rings. The fraction of sp³-hybridized carbons (Fsp3) is 0.500. The number of aromatic nitrogens is 1. The van der Waals surface area contributed by atoms with Gasteiger partial charge in [0.25, 0.3) is 0 Å². The molecule has 90 valence electrons. The van der Waals surface area contributed by atoms with Crippen molar-refractivity contribution in [3.05, 3.63) is 17.7 Å². The Hall–Kier alpha value is -1.43. The summed E-state index contributed by atoms with van der Waals surface area (Å²) >= 11 is 0. The number of hydrogen-bond donors (Lipinski definition) is 2. The minimum atomic E-state index is -0.706. The number of nitrogens with one attached hydrogen (secondary N) is 2. The lowest BCUT2D eigenvalue weighted by atomic mass is 10.3. The summed E-state index contributed by atoms with van der Waals surface area (Å²) in [6.07, 6.45) is 0.726. The van der Waals surface area contributed by atoms with E-state index >= 15 is 0 Å². The second kappa shape index (κ2) is 6.22. The maximum Gasteiger partial charge on any atom is 0.168 e. The molecule has 0 aliphatic carbocycles. The van der Waals surface area contributed by atoms with Crippen molar-refractivity contribution in [2.75, 3.05) is 37.9 Å². The molecule has 0 aromatic carbocycles. The fourth-order valence-electron chi connectivity index (χ4n) is 1.19. The Morgan fingerprint density at radius 2 is 2.00 bits per heavy atom. The Morgan fingerprint density at radius 1 is 1.31 bits per heavy atom. The maximum atomic E-state index is 13.3. The molecule has 1 aromatic heterocycles. The Labute approximate surface area is 93.0 Å². The average Bonchev–Trinajstić information content (AvgIpc) is 2.27. The van der Waals surface area contributed by atoms with E-state index in [-0.39, 0.29) is 11.6 Å². The van der Waals surface area contributed by atoms with Gasteiger partial charge < -0.3 is 15.4 Å². The summed E-state index contributed by atoms with van der Waals surface area (Å²) in [4.78, 5) is 3.77. The minimum absolute atomic E-state index is 0.0237. The number of pyridine rings is 1. The zero-order chi connectivity index (χ0) is 12.0. The monoisotopic (exact) mass is 231 g/mol. The topological polar surface area (TPSA) is 46.2 Å². The van der Waals surface area contributed by atoms with E-state index < -0.39 is 11.6 Å². The molecule has 4 nitrogen and oxygen atoms in total. The van der Waals surface area contributed by atoms with E-state index in [0.29, 0.717) is 13.2 Å². The van der Waals surface area contributed by atoms with Gasteiger partial charge in [0, 0.05) is 33.4 Å². The van der Waals surface area contributed by atoms with Gasteiger partial charge in [0.2, 0.25) is 0 Å². The molecular formula is C10H15F2N3O. The third-order valence-corrected chi connectivity index (χ3v) is 1.98. The number of ether oxygens (including phenoxy) is 1. The molecule has 0 aliphatic heterocycles. The van der Waals surface area contributed by atoms with Crippen LogP contribution >= 0.6 is 0 Å². The van der Waals surface area contributed by atoms with Crippen molar-refractivity contribution >= 4 is 11.6 Å². The fourth-order valence-corrected chi connectivity index (χ4v) is 1.19. The molecule has 0 bridgehead atoms. The van der Waals surface area contributed by atoms with Crippen molar-refractivity contribution in [3.63, 3.8) is 0 Å². The van der Waals surface area contributed by atoms with E-state index in [1.165, 1.54) is 7.05 Å². The van der Waals surface area contributed by atoms with Crippen LogP contribution in [0.25, 0.3) is 0 Å². The van der Waals surface area contributed by atoms with Crippen LogP contribution in [0.1, 0.15) is 6.42 Å². The lowest BCUT2D eigenvalue weighted by molar-refractivity contribution is 0.197. The summed E-state index contributed by atoms with van der Waals surface area (Å²) in [6, 6.07) is 0.803. The lowest BCUT2D eigenvalue weighted by Crippen LogP contribution is -2.09. The van der Waals surface area contributed by atoms with Gasteiger partial charge in [-0.2, -0.15) is 0 Å². The van der Waals surface area contributed by atoms with Gasteiger partial charge >= 0.3 is 0 Å². The predicted octanol–water partition coefficient (Wildman–Crippen LogP) is 1.85. The second-order valence-electron chi connectivity index (χ2n) is 3.17. The zero-order valence-electron chi connectivity index (χ0n) is 9.31. The summed E-state index contributed by atoms with van der Waals surface area (Å²) in [5.74, 6) is -1.34. The van der Waals surface area contributed by atoms with Gasteiger partial charge in [-0.05, 0) is 6.42 Å². The Morgan fingerprint density at radius 3 is 2.62 bits per heavy atom. The second-order valence-corrected chi connectivity index (χ2v) is 3.17. The molecular weight excluding hydrogens is 216 g/mol. The summed E-state index contributed by atoms with van der Waals surface area (Å²) < 4.78 is 31.2. The standard InChI is InChI=1S/C10H15F2N3O/c1-13-9-7(11)6-8(12)10(15-9)14-4-3-5-16-2/h6H,3-5H2,1-2H3,(H2,13,14,15). The summed E-state index contributed by atoms with van der Waals surface area (Å²) in [5.41, 5.74) is 0. The number of rotatable bonds is 6. The van der Waals surface area contributed by atoms with Crippen molar-refractivity contribution in [3.8, 4) is 0 Å². The molecule has 0 aliphatic rings. The average molecular weight is 231 g/mol. The first kappa shape index (κ1) is 12.6. The molecule has 16 heavy (non-hydrogen) atoms. The molecule has 0 spiro atoms. The first-order valence-electron chi connectivity index (χ1n) is 4.95. The number of anilines is 2. The predicted molar refractivity (Wildman–Crippen MR) is 58.7 cm³/mol. The van der Waals surface area contributed by atoms with Crippen LogP contribution in [0.5, 0.6) is 0 Å². The third-order valence-electron chi connectivity index (χ3n) is 1.98. The molecule has 0 saturated carbocycles. The molecule has 0 atom stereocenters. The van der Waals surface area contributed by atoms with Crippen molar-refractivity contribution in [2.24, 2.45) is 0 Å². The van der Waals surface area contributed by atoms with Crippen LogP contribution in [0.3, 0.4) is 0 Å². The molecule has 0 unspecified atom stereocenters. The van der Waals surface area contributed by atoms with Gasteiger partial charge in [-0.3, -0.25) is 0 Å². The van der Waals surface area contributed by atoms with E-state index in [2.05, 4.69) is 15.6 Å². The highest BCUT2D eigenvalue weighted by Crippen LogP contribution is 2.18. The van der Waals surface area contributed by atoms with Gasteiger partial charge in [-0.25, -0.2) is 13.8 Å². The molecule has 2 N–H and O–H groups in total. The van der Waals surface area contributed by atoms with Crippen molar-refractivity contribution < 1.29 is 13.5 Å². The Bertz CT molecular complexity index is 347. The molecule has 0 saturated heterocycles. The van der Waals surface area contributed by atoms with Gasteiger partial charge in [0.1, 0.15) is 0 Å². The van der Waals surface area contributed by atoms with Crippen molar-refractivity contribution in [1.29, 1.82) is 0 Å². The largest absolute Gasteiger partial charge is 0.385 e. The Kier molecular flexibility index (Phi) is 4.91. The van der Waals surface area contributed by atoms with Crippen LogP contribution in [0, 0.1) is 11.6 Å². The van der Waals surface area contributed by atoms with Crippen LogP contribution < -0.4 is 10.6 Å². The highest BCUT2D eigenvalue weighted by Gasteiger charge is 2.09. The molecule has 1 aromatic rings. The van der Waals surface area contributed by atoms with Gasteiger partial charge in [0.05, 0.1) is 0 Å². The SMILES string of the molecule is CNc1nc(NCCCOC)c(F)cc1F. The lowest BCUT2D eigenvalue weighted by Gasteiger charge is -2.09. The molecule has 1 rings (SSSR count). The van der Waals surface area contributed by atoms with Crippen molar-refractivity contribution in [1.82, 2.24) is 4.98 Å². The number of hydrogen-bond acceptors (Lipinski definition) is 4. The molecule has 0 radical (unpaired) electrons. The highest BCUT2D eigenvalue weighted by molar-refractivity contribution is 5.47. The van der Waals surface area contributed by atoms with E-state index in [1.54, 1.807) is 7.11 Å². The van der Waals surface area contributed by atoms with Crippen LogP contribution in [0.15, 0.2) is 6.07 Å². The van der Waals surface area contributed by atoms with Gasteiger partial charge in [-0.15, -0.1) is 0 Å². The summed E-state index contributed by atoms with van der Waals surface area (Å²) in [7, 11) is 3.12. The molecule has 0 amide bonds. The smallest absolute Gasteiger partial charge is 0.168 e. The quantitative estimate of drug-likeness (QED) is 0.733. The first-order chi connectivity index (χ1) is 7.69. The van der Waals surface area contributed by atoms with Crippen molar-refractivity contribution in [2.45, 2.75) is 6.42 Å². The maximum absolute atomic E-state index is 13.3. The van der Waals surface area contributed by atoms with E-state index in [4.69, 9.17) is 4.74 Å². The van der Waals surface area contributed by atoms with Crippen LogP contribution in [0.4, 0.5) is 20.4 Å². The van der Waals surface area contributed by atoms with Crippen LogP contribution in [-0.2, 0) is 4.74 Å². The highest BCUT2D eigenvalue weighted by atomic mass is 19.1. The minimum Gasteiger partial charge on any atom is -0.385 e. The van der Waals surface area contributed by atoms with Gasteiger partial charge in [0.15, 0.2) is 23.3 Å². The van der Waals surface area contributed by atoms with E-state index in [1.807, 2.05) is 0 Å². The number of halogens is 2. The van der Waals surface area contributed by atoms with E-state index in [9.17, 15) is 8.78 Å². The molecule has 6 heteroatoms. The summed E-state index contributed by atoms with van der Waals surface area (Å²) in [5, 5.41) is 5.32. The Balaban J connectivity index is 2.64. The first-order valence-corrected chi connectivity index (χ1v) is 4.95.